The smallest absolute Gasteiger partial charge is 0.395 e. The first-order valence-corrected chi connectivity index (χ1v) is 9.96. The maximum atomic E-state index is 13.5. The van der Waals surface area contributed by atoms with E-state index in [-0.39, 0.29) is 29.9 Å². The Hall–Kier alpha value is -2.26. The fourth-order valence-corrected chi connectivity index (χ4v) is 3.83. The lowest BCUT2D eigenvalue weighted by Gasteiger charge is -2.21. The molecule has 0 aromatic heterocycles. The van der Waals surface area contributed by atoms with Crippen LogP contribution >= 0.6 is 11.8 Å². The zero-order valence-electron chi connectivity index (χ0n) is 15.3. The molecule has 0 aliphatic heterocycles. The Morgan fingerprint density at radius 1 is 1.07 bits per heavy atom. The molecule has 0 spiro atoms. The van der Waals surface area contributed by atoms with Crippen molar-refractivity contribution >= 4 is 17.7 Å². The summed E-state index contributed by atoms with van der Waals surface area (Å²) in [5, 5.41) is 18.5. The standard InChI is InChI=1S/C20H21F4NO3S/c21-14-5-6-15(18(26)11-14)12-1-3-13(4-2-12)16(20(22,23)24)7-9-29-10-8-17(25)19(27)28/h1-6,11,16-17,26H,7-10,25H2,(H,27,28). The lowest BCUT2D eigenvalue weighted by atomic mass is 9.93. The average molecular weight is 431 g/mol. The highest BCUT2D eigenvalue weighted by Gasteiger charge is 2.40. The molecule has 4 nitrogen and oxygen atoms in total. The Balaban J connectivity index is 2.04. The Morgan fingerprint density at radius 3 is 2.24 bits per heavy atom. The molecule has 2 aromatic carbocycles. The van der Waals surface area contributed by atoms with Crippen LogP contribution in [0.25, 0.3) is 11.1 Å². The first kappa shape index (κ1) is 23.0. The van der Waals surface area contributed by atoms with Crippen molar-refractivity contribution in [2.45, 2.75) is 31.0 Å². The number of phenols is 1. The minimum Gasteiger partial charge on any atom is -0.507 e. The van der Waals surface area contributed by atoms with Crippen LogP contribution in [0, 0.1) is 5.82 Å². The molecule has 0 radical (unpaired) electrons. The van der Waals surface area contributed by atoms with Crippen molar-refractivity contribution in [2.75, 3.05) is 11.5 Å². The van der Waals surface area contributed by atoms with Crippen molar-refractivity contribution in [2.24, 2.45) is 5.73 Å². The highest BCUT2D eigenvalue weighted by molar-refractivity contribution is 7.99. The van der Waals surface area contributed by atoms with Crippen LogP contribution in [-0.2, 0) is 4.79 Å². The second kappa shape index (κ2) is 9.98. The molecule has 29 heavy (non-hydrogen) atoms. The van der Waals surface area contributed by atoms with Crippen LogP contribution in [0.1, 0.15) is 24.3 Å². The maximum absolute atomic E-state index is 13.5. The predicted molar refractivity (Wildman–Crippen MR) is 104 cm³/mol. The second-order valence-corrected chi connectivity index (χ2v) is 7.74. The molecular weight excluding hydrogens is 410 g/mol. The minimum absolute atomic E-state index is 0.0886. The minimum atomic E-state index is -4.43. The third kappa shape index (κ3) is 6.64. The molecule has 0 fully saturated rings. The summed E-state index contributed by atoms with van der Waals surface area (Å²) in [6.07, 6.45) is -4.40. The maximum Gasteiger partial charge on any atom is 0.395 e. The summed E-state index contributed by atoms with van der Waals surface area (Å²) < 4.78 is 53.6. The van der Waals surface area contributed by atoms with Crippen molar-refractivity contribution in [3.63, 3.8) is 0 Å². The van der Waals surface area contributed by atoms with E-state index in [4.69, 9.17) is 10.8 Å². The van der Waals surface area contributed by atoms with Crippen LogP contribution in [0.3, 0.4) is 0 Å². The van der Waals surface area contributed by atoms with Gasteiger partial charge in [0.2, 0.25) is 0 Å². The van der Waals surface area contributed by atoms with Gasteiger partial charge in [0.1, 0.15) is 17.6 Å². The van der Waals surface area contributed by atoms with Gasteiger partial charge >= 0.3 is 12.1 Å². The molecule has 0 saturated carbocycles. The van der Waals surface area contributed by atoms with Crippen molar-refractivity contribution in [3.8, 4) is 16.9 Å². The molecule has 4 N–H and O–H groups in total. The van der Waals surface area contributed by atoms with E-state index in [0.717, 1.165) is 12.1 Å². The van der Waals surface area contributed by atoms with Crippen molar-refractivity contribution < 1.29 is 32.6 Å². The molecule has 0 aliphatic rings. The summed E-state index contributed by atoms with van der Waals surface area (Å²) in [6, 6.07) is 8.06. The quantitative estimate of drug-likeness (QED) is 0.394. The van der Waals surface area contributed by atoms with E-state index < -0.39 is 29.9 Å². The molecule has 2 atom stereocenters. The summed E-state index contributed by atoms with van der Waals surface area (Å²) in [6.45, 7) is 0. The van der Waals surface area contributed by atoms with Crippen LogP contribution in [0.5, 0.6) is 5.75 Å². The van der Waals surface area contributed by atoms with Gasteiger partial charge < -0.3 is 15.9 Å². The van der Waals surface area contributed by atoms with Gasteiger partial charge in [-0.2, -0.15) is 24.9 Å². The molecule has 9 heteroatoms. The Labute approximate surface area is 169 Å². The number of aromatic hydroxyl groups is 1. The number of hydrogen-bond acceptors (Lipinski definition) is 4. The van der Waals surface area contributed by atoms with Crippen molar-refractivity contribution in [3.05, 3.63) is 53.8 Å². The summed E-state index contributed by atoms with van der Waals surface area (Å²) in [5.74, 6) is -3.13. The molecule has 0 bridgehead atoms. The van der Waals surface area contributed by atoms with Gasteiger partial charge in [0, 0.05) is 11.6 Å². The lowest BCUT2D eigenvalue weighted by molar-refractivity contribution is -0.150. The predicted octanol–water partition coefficient (Wildman–Crippen LogP) is 4.77. The van der Waals surface area contributed by atoms with Crippen LogP contribution in [0.4, 0.5) is 17.6 Å². The van der Waals surface area contributed by atoms with Crippen LogP contribution < -0.4 is 5.73 Å². The van der Waals surface area contributed by atoms with Gasteiger partial charge in [-0.15, -0.1) is 0 Å². The van der Waals surface area contributed by atoms with Crippen LogP contribution in [0.15, 0.2) is 42.5 Å². The van der Waals surface area contributed by atoms with E-state index in [1.54, 1.807) is 0 Å². The molecule has 2 aromatic rings. The second-order valence-electron chi connectivity index (χ2n) is 6.51. The Kier molecular flexibility index (Phi) is 7.92. The number of carbonyl (C=O) groups is 1. The van der Waals surface area contributed by atoms with Crippen molar-refractivity contribution in [1.82, 2.24) is 0 Å². The highest BCUT2D eigenvalue weighted by atomic mass is 32.2. The topological polar surface area (TPSA) is 83.5 Å². The number of benzene rings is 2. The zero-order valence-corrected chi connectivity index (χ0v) is 16.1. The van der Waals surface area contributed by atoms with Gasteiger partial charge in [-0.25, -0.2) is 4.39 Å². The molecule has 2 unspecified atom stereocenters. The van der Waals surface area contributed by atoms with E-state index in [2.05, 4.69) is 0 Å². The number of alkyl halides is 3. The van der Waals surface area contributed by atoms with Gasteiger partial charge in [0.25, 0.3) is 0 Å². The first-order valence-electron chi connectivity index (χ1n) is 8.81. The Bertz CT molecular complexity index is 827. The van der Waals surface area contributed by atoms with E-state index in [0.29, 0.717) is 16.9 Å². The highest BCUT2D eigenvalue weighted by Crippen LogP contribution is 2.39. The van der Waals surface area contributed by atoms with Gasteiger partial charge in [0.05, 0.1) is 5.92 Å². The molecule has 158 valence electrons. The van der Waals surface area contributed by atoms with E-state index in [1.165, 1.54) is 42.1 Å². The van der Waals surface area contributed by atoms with Gasteiger partial charge in [-0.1, -0.05) is 24.3 Å². The summed E-state index contributed by atoms with van der Waals surface area (Å²) in [7, 11) is 0. The molecule has 0 amide bonds. The SMILES string of the molecule is NC(CCSCCC(c1ccc(-c2ccc(F)cc2O)cc1)C(F)(F)F)C(=O)O. The Morgan fingerprint density at radius 2 is 1.69 bits per heavy atom. The normalized spacial score (nSPS) is 13.8. The molecule has 0 aliphatic carbocycles. The monoisotopic (exact) mass is 431 g/mol. The van der Waals surface area contributed by atoms with Crippen LogP contribution in [-0.4, -0.2) is 39.9 Å². The zero-order chi connectivity index (χ0) is 21.6. The van der Waals surface area contributed by atoms with Gasteiger partial charge in [-0.3, -0.25) is 4.79 Å². The number of hydrogen-bond donors (Lipinski definition) is 3. The summed E-state index contributed by atoms with van der Waals surface area (Å²) >= 11 is 1.23. The number of halogens is 4. The third-order valence-corrected chi connectivity index (χ3v) is 5.47. The number of carboxylic acid groups (broad SMARTS) is 1. The van der Waals surface area contributed by atoms with E-state index in [9.17, 15) is 27.5 Å². The average Bonchev–Trinajstić information content (AvgIpc) is 2.63. The molecule has 2 rings (SSSR count). The number of rotatable bonds is 9. The van der Waals surface area contributed by atoms with Crippen LogP contribution in [0.2, 0.25) is 0 Å². The summed E-state index contributed by atoms with van der Waals surface area (Å²) in [5.41, 5.74) is 6.26. The van der Waals surface area contributed by atoms with Gasteiger partial charge in [-0.05, 0) is 47.6 Å². The fraction of sp³-hybridized carbons (Fsp3) is 0.350. The number of aliphatic carboxylic acids is 1. The molecule has 0 saturated heterocycles. The van der Waals surface area contributed by atoms with E-state index >= 15 is 0 Å². The molecular formula is C20H21F4NO3S. The first-order chi connectivity index (χ1) is 13.6. The number of carboxylic acids is 1. The number of phenolic OH excluding ortho intramolecular Hbond substituents is 1. The fourth-order valence-electron chi connectivity index (χ4n) is 2.80. The summed E-state index contributed by atoms with van der Waals surface area (Å²) in [4.78, 5) is 10.6. The van der Waals surface area contributed by atoms with Gasteiger partial charge in [0.15, 0.2) is 0 Å². The van der Waals surface area contributed by atoms with E-state index in [1.807, 2.05) is 0 Å². The number of thioether (sulfide) groups is 1. The van der Waals surface area contributed by atoms with Crippen molar-refractivity contribution in [1.29, 1.82) is 0 Å². The lowest BCUT2D eigenvalue weighted by Crippen LogP contribution is -2.30. The number of nitrogens with two attached hydrogens (primary N) is 1. The third-order valence-electron chi connectivity index (χ3n) is 4.42. The molecule has 0 heterocycles. The largest absolute Gasteiger partial charge is 0.507 e.